The minimum Gasteiger partial charge on any atom is -0.382 e. The molecule has 1 amide bonds. The average molecular weight is 459 g/mol. The molecule has 164 valence electrons. The lowest BCUT2D eigenvalue weighted by Gasteiger charge is -2.20. The van der Waals surface area contributed by atoms with Crippen molar-refractivity contribution in [3.05, 3.63) is 44.7 Å². The molecular formula is C22H26N4O3S2. The van der Waals surface area contributed by atoms with Crippen LogP contribution < -0.4 is 10.5 Å². The van der Waals surface area contributed by atoms with Crippen molar-refractivity contribution >= 4 is 51.7 Å². The standard InChI is InChI=1S/C22H26N4O3S2/c1-3-29-13-7-12-26-21(28)17(31-22(26)30)14-16-19(24-9-4-5-10-24)23-18-15(2)8-6-11-25(18)20(16)27/h6,8,11,14H,3-5,7,9-10,12-13H2,1-2H3/b17-14+. The molecule has 4 rings (SSSR count). The predicted molar refractivity (Wildman–Crippen MR) is 129 cm³/mol. The fourth-order valence-electron chi connectivity index (χ4n) is 3.89. The first kappa shape index (κ1) is 22.0. The molecule has 2 aliphatic heterocycles. The van der Waals surface area contributed by atoms with Crippen LogP contribution in [0.3, 0.4) is 0 Å². The molecule has 0 unspecified atom stereocenters. The second-order valence-electron chi connectivity index (χ2n) is 7.62. The number of anilines is 1. The second-order valence-corrected chi connectivity index (χ2v) is 9.29. The lowest BCUT2D eigenvalue weighted by molar-refractivity contribution is -0.122. The van der Waals surface area contributed by atoms with Crippen LogP contribution in [0, 0.1) is 6.92 Å². The monoisotopic (exact) mass is 458 g/mol. The van der Waals surface area contributed by atoms with Gasteiger partial charge in [0.05, 0.1) is 10.5 Å². The smallest absolute Gasteiger partial charge is 0.267 e. The maximum Gasteiger partial charge on any atom is 0.267 e. The summed E-state index contributed by atoms with van der Waals surface area (Å²) >= 11 is 6.68. The van der Waals surface area contributed by atoms with Gasteiger partial charge in [0.25, 0.3) is 11.5 Å². The molecule has 0 bridgehead atoms. The molecule has 0 aliphatic carbocycles. The van der Waals surface area contributed by atoms with Crippen molar-refractivity contribution in [2.75, 3.05) is 37.7 Å². The highest BCUT2D eigenvalue weighted by Crippen LogP contribution is 2.34. The second kappa shape index (κ2) is 9.50. The van der Waals surface area contributed by atoms with Crippen molar-refractivity contribution in [2.45, 2.75) is 33.1 Å². The summed E-state index contributed by atoms with van der Waals surface area (Å²) in [5, 5.41) is 0. The number of aryl methyl sites for hydroxylation is 1. The van der Waals surface area contributed by atoms with Crippen molar-refractivity contribution in [1.82, 2.24) is 14.3 Å². The Morgan fingerprint density at radius 2 is 2.06 bits per heavy atom. The van der Waals surface area contributed by atoms with Gasteiger partial charge in [0, 0.05) is 39.0 Å². The zero-order valence-corrected chi connectivity index (χ0v) is 19.4. The minimum absolute atomic E-state index is 0.160. The van der Waals surface area contributed by atoms with E-state index in [4.69, 9.17) is 21.9 Å². The van der Waals surface area contributed by atoms with Crippen molar-refractivity contribution in [3.8, 4) is 0 Å². The third-order valence-corrected chi connectivity index (χ3v) is 6.87. The molecular weight excluding hydrogens is 432 g/mol. The molecule has 0 radical (unpaired) electrons. The number of pyridine rings is 1. The molecule has 2 aromatic rings. The van der Waals surface area contributed by atoms with Gasteiger partial charge in [-0.15, -0.1) is 0 Å². The van der Waals surface area contributed by atoms with Gasteiger partial charge in [-0.1, -0.05) is 30.0 Å². The van der Waals surface area contributed by atoms with E-state index in [-0.39, 0.29) is 11.5 Å². The van der Waals surface area contributed by atoms with E-state index in [9.17, 15) is 9.59 Å². The van der Waals surface area contributed by atoms with E-state index in [1.807, 2.05) is 26.0 Å². The van der Waals surface area contributed by atoms with E-state index in [1.165, 1.54) is 11.8 Å². The van der Waals surface area contributed by atoms with Crippen LogP contribution in [0.1, 0.15) is 37.3 Å². The number of nitrogens with zero attached hydrogens (tertiary/aromatic N) is 4. The van der Waals surface area contributed by atoms with Crippen molar-refractivity contribution in [2.24, 2.45) is 0 Å². The third kappa shape index (κ3) is 4.40. The predicted octanol–water partition coefficient (Wildman–Crippen LogP) is 3.23. The number of aromatic nitrogens is 2. The topological polar surface area (TPSA) is 67.2 Å². The number of fused-ring (bicyclic) bond motifs is 1. The van der Waals surface area contributed by atoms with Gasteiger partial charge in [0.15, 0.2) is 0 Å². The number of thioether (sulfide) groups is 1. The summed E-state index contributed by atoms with van der Waals surface area (Å²) < 4.78 is 7.44. The number of carbonyl (C=O) groups is 1. The molecule has 2 fully saturated rings. The van der Waals surface area contributed by atoms with Crippen LogP contribution in [0.2, 0.25) is 0 Å². The molecule has 0 spiro atoms. The number of thiocarbonyl (C=S) groups is 1. The highest BCUT2D eigenvalue weighted by Gasteiger charge is 2.32. The molecule has 4 heterocycles. The van der Waals surface area contributed by atoms with Gasteiger partial charge < -0.3 is 9.64 Å². The molecule has 2 saturated heterocycles. The summed E-state index contributed by atoms with van der Waals surface area (Å²) in [6.45, 7) is 7.34. The number of hydrogen-bond donors (Lipinski definition) is 0. The number of ether oxygens (including phenoxy) is 1. The molecule has 31 heavy (non-hydrogen) atoms. The Morgan fingerprint density at radius 3 is 2.81 bits per heavy atom. The van der Waals surface area contributed by atoms with Crippen molar-refractivity contribution < 1.29 is 9.53 Å². The van der Waals surface area contributed by atoms with Crippen LogP contribution in [0.5, 0.6) is 0 Å². The highest BCUT2D eigenvalue weighted by atomic mass is 32.2. The Labute approximate surface area is 191 Å². The lowest BCUT2D eigenvalue weighted by atomic mass is 10.2. The summed E-state index contributed by atoms with van der Waals surface area (Å²) in [7, 11) is 0. The Morgan fingerprint density at radius 1 is 1.29 bits per heavy atom. The molecule has 7 nitrogen and oxygen atoms in total. The molecule has 0 aromatic carbocycles. The molecule has 0 saturated carbocycles. The maximum absolute atomic E-state index is 13.4. The van der Waals surface area contributed by atoms with E-state index < -0.39 is 0 Å². The minimum atomic E-state index is -0.169. The summed E-state index contributed by atoms with van der Waals surface area (Å²) in [6, 6.07) is 3.78. The summed E-state index contributed by atoms with van der Waals surface area (Å²) in [4.78, 5) is 35.5. The van der Waals surface area contributed by atoms with Gasteiger partial charge in [-0.3, -0.25) is 18.9 Å². The molecule has 2 aromatic heterocycles. The number of amides is 1. The number of hydrogen-bond acceptors (Lipinski definition) is 7. The van der Waals surface area contributed by atoms with Gasteiger partial charge >= 0.3 is 0 Å². The first-order valence-corrected chi connectivity index (χ1v) is 11.8. The van der Waals surface area contributed by atoms with Crippen molar-refractivity contribution in [1.29, 1.82) is 0 Å². The van der Waals surface area contributed by atoms with Gasteiger partial charge in [-0.2, -0.15) is 0 Å². The first-order chi connectivity index (χ1) is 15.0. The normalized spacial score (nSPS) is 18.2. The summed E-state index contributed by atoms with van der Waals surface area (Å²) in [5.74, 6) is 0.492. The van der Waals surface area contributed by atoms with E-state index in [0.29, 0.717) is 52.4 Å². The van der Waals surface area contributed by atoms with Crippen LogP contribution in [0.4, 0.5) is 5.82 Å². The number of carbonyl (C=O) groups excluding carboxylic acids is 1. The van der Waals surface area contributed by atoms with Gasteiger partial charge in [0.2, 0.25) is 0 Å². The quantitative estimate of drug-likeness (QED) is 0.358. The van der Waals surface area contributed by atoms with E-state index in [0.717, 1.165) is 31.5 Å². The van der Waals surface area contributed by atoms with Crippen LogP contribution in [-0.2, 0) is 9.53 Å². The van der Waals surface area contributed by atoms with Crippen LogP contribution >= 0.6 is 24.0 Å². The highest BCUT2D eigenvalue weighted by molar-refractivity contribution is 8.26. The van der Waals surface area contributed by atoms with E-state index in [2.05, 4.69) is 4.90 Å². The number of rotatable bonds is 7. The van der Waals surface area contributed by atoms with Crippen LogP contribution in [0.15, 0.2) is 28.0 Å². The first-order valence-electron chi connectivity index (χ1n) is 10.6. The summed E-state index contributed by atoms with van der Waals surface area (Å²) in [5.41, 5.74) is 1.86. The fourth-order valence-corrected chi connectivity index (χ4v) is 5.18. The van der Waals surface area contributed by atoms with Crippen LogP contribution in [0.25, 0.3) is 11.7 Å². The Kier molecular flexibility index (Phi) is 6.74. The van der Waals surface area contributed by atoms with Gasteiger partial charge in [-0.25, -0.2) is 4.98 Å². The van der Waals surface area contributed by atoms with Gasteiger partial charge in [0.1, 0.15) is 15.8 Å². The zero-order chi connectivity index (χ0) is 22.0. The van der Waals surface area contributed by atoms with Crippen LogP contribution in [-0.4, -0.2) is 57.4 Å². The SMILES string of the molecule is CCOCCCN1C(=O)/C(=C\c2c(N3CCCC3)nc3c(C)cccn3c2=O)SC1=S. The molecule has 0 N–H and O–H groups in total. The maximum atomic E-state index is 13.4. The van der Waals surface area contributed by atoms with Crippen molar-refractivity contribution in [3.63, 3.8) is 0 Å². The summed E-state index contributed by atoms with van der Waals surface area (Å²) in [6.07, 6.45) is 6.25. The zero-order valence-electron chi connectivity index (χ0n) is 17.8. The molecule has 9 heteroatoms. The lowest BCUT2D eigenvalue weighted by Crippen LogP contribution is -2.30. The third-order valence-electron chi connectivity index (χ3n) is 5.49. The molecule has 2 aliphatic rings. The Balaban J connectivity index is 1.73. The largest absolute Gasteiger partial charge is 0.382 e. The van der Waals surface area contributed by atoms with E-state index in [1.54, 1.807) is 21.6 Å². The fraction of sp³-hybridized carbons (Fsp3) is 0.455. The van der Waals surface area contributed by atoms with Gasteiger partial charge in [-0.05, 0) is 50.8 Å². The van der Waals surface area contributed by atoms with E-state index >= 15 is 0 Å². The Hall–Kier alpha value is -2.23. The average Bonchev–Trinajstić information content (AvgIpc) is 3.37. The molecule has 0 atom stereocenters. The Bertz CT molecular complexity index is 1110.